The predicted molar refractivity (Wildman–Crippen MR) is 56.5 cm³/mol. The summed E-state index contributed by atoms with van der Waals surface area (Å²) < 4.78 is 0. The van der Waals surface area contributed by atoms with Crippen molar-refractivity contribution in [3.8, 4) is 0 Å². The Hall–Kier alpha value is -1.63. The van der Waals surface area contributed by atoms with Crippen molar-refractivity contribution < 1.29 is 19.5 Å². The van der Waals surface area contributed by atoms with E-state index in [1.807, 2.05) is 6.92 Å². The van der Waals surface area contributed by atoms with Crippen LogP contribution in [0.1, 0.15) is 19.8 Å². The van der Waals surface area contributed by atoms with E-state index in [0.717, 1.165) is 6.54 Å². The van der Waals surface area contributed by atoms with Crippen molar-refractivity contribution in [2.45, 2.75) is 25.8 Å². The fraction of sp³-hybridized carbons (Fsp3) is 0.667. The first-order chi connectivity index (χ1) is 7.47. The van der Waals surface area contributed by atoms with Gasteiger partial charge in [0, 0.05) is 13.0 Å². The standard InChI is InChI=1S/C9H17N3O4/c1-2-11-4-3-8(14)12-6(9(15)16)5-7(10)13/h6,11H,2-5H2,1H3,(H2,10,13)(H,12,14)(H,15,16). The van der Waals surface area contributed by atoms with E-state index in [1.54, 1.807) is 0 Å². The molecule has 0 saturated carbocycles. The van der Waals surface area contributed by atoms with Crippen LogP contribution >= 0.6 is 0 Å². The third-order valence-corrected chi connectivity index (χ3v) is 1.82. The van der Waals surface area contributed by atoms with Crippen molar-refractivity contribution in [3.63, 3.8) is 0 Å². The maximum atomic E-state index is 11.2. The molecule has 1 unspecified atom stereocenters. The topological polar surface area (TPSA) is 122 Å². The highest BCUT2D eigenvalue weighted by Crippen LogP contribution is 1.92. The summed E-state index contributed by atoms with van der Waals surface area (Å²) in [4.78, 5) is 32.5. The van der Waals surface area contributed by atoms with Gasteiger partial charge in [0.05, 0.1) is 6.42 Å². The molecule has 0 aromatic heterocycles. The Morgan fingerprint density at radius 1 is 1.38 bits per heavy atom. The number of primary amides is 1. The van der Waals surface area contributed by atoms with Crippen LogP contribution in [0.25, 0.3) is 0 Å². The lowest BCUT2D eigenvalue weighted by atomic mass is 10.2. The van der Waals surface area contributed by atoms with Gasteiger partial charge in [-0.3, -0.25) is 9.59 Å². The average Bonchev–Trinajstić information content (AvgIpc) is 2.16. The molecule has 0 saturated heterocycles. The molecule has 16 heavy (non-hydrogen) atoms. The molecule has 0 fully saturated rings. The first kappa shape index (κ1) is 14.4. The van der Waals surface area contributed by atoms with Gasteiger partial charge in [0.25, 0.3) is 0 Å². The number of carbonyl (C=O) groups excluding carboxylic acids is 2. The van der Waals surface area contributed by atoms with Gasteiger partial charge < -0.3 is 21.5 Å². The zero-order valence-electron chi connectivity index (χ0n) is 9.16. The van der Waals surface area contributed by atoms with E-state index in [-0.39, 0.29) is 6.42 Å². The van der Waals surface area contributed by atoms with E-state index in [1.165, 1.54) is 0 Å². The van der Waals surface area contributed by atoms with Crippen LogP contribution in [0, 0.1) is 0 Å². The highest BCUT2D eigenvalue weighted by molar-refractivity contribution is 5.88. The molecule has 0 bridgehead atoms. The molecule has 7 nitrogen and oxygen atoms in total. The number of hydrogen-bond donors (Lipinski definition) is 4. The van der Waals surface area contributed by atoms with Crippen molar-refractivity contribution in [2.24, 2.45) is 5.73 Å². The molecule has 0 aliphatic heterocycles. The molecule has 0 heterocycles. The molecule has 2 amide bonds. The summed E-state index contributed by atoms with van der Waals surface area (Å²) >= 11 is 0. The third-order valence-electron chi connectivity index (χ3n) is 1.82. The Morgan fingerprint density at radius 3 is 2.44 bits per heavy atom. The van der Waals surface area contributed by atoms with Crippen LogP contribution in [0.2, 0.25) is 0 Å². The maximum absolute atomic E-state index is 11.2. The molecule has 0 aliphatic rings. The van der Waals surface area contributed by atoms with E-state index in [4.69, 9.17) is 10.8 Å². The fourth-order valence-corrected chi connectivity index (χ4v) is 1.05. The lowest BCUT2D eigenvalue weighted by molar-refractivity contribution is -0.143. The summed E-state index contributed by atoms with van der Waals surface area (Å²) in [5.41, 5.74) is 4.86. The SMILES string of the molecule is CCNCCC(=O)NC(CC(N)=O)C(=O)O. The molecule has 0 spiro atoms. The van der Waals surface area contributed by atoms with Crippen molar-refractivity contribution in [1.82, 2.24) is 10.6 Å². The van der Waals surface area contributed by atoms with Gasteiger partial charge in [-0.1, -0.05) is 6.92 Å². The van der Waals surface area contributed by atoms with Crippen molar-refractivity contribution in [1.29, 1.82) is 0 Å². The van der Waals surface area contributed by atoms with Gasteiger partial charge in [0.2, 0.25) is 11.8 Å². The first-order valence-electron chi connectivity index (χ1n) is 4.98. The minimum Gasteiger partial charge on any atom is -0.480 e. The van der Waals surface area contributed by atoms with E-state index in [2.05, 4.69) is 10.6 Å². The third kappa shape index (κ3) is 6.77. The quantitative estimate of drug-likeness (QED) is 0.376. The molecule has 92 valence electrons. The number of hydrogen-bond acceptors (Lipinski definition) is 4. The van der Waals surface area contributed by atoms with Crippen molar-refractivity contribution >= 4 is 17.8 Å². The number of aliphatic carboxylic acids is 1. The van der Waals surface area contributed by atoms with Crippen LogP contribution in [-0.4, -0.2) is 42.0 Å². The number of carboxylic acid groups (broad SMARTS) is 1. The van der Waals surface area contributed by atoms with E-state index < -0.39 is 30.2 Å². The van der Waals surface area contributed by atoms with Crippen molar-refractivity contribution in [2.75, 3.05) is 13.1 Å². The Kier molecular flexibility index (Phi) is 6.86. The van der Waals surface area contributed by atoms with Crippen LogP contribution in [-0.2, 0) is 14.4 Å². The second-order valence-corrected chi connectivity index (χ2v) is 3.23. The lowest BCUT2D eigenvalue weighted by Gasteiger charge is -2.12. The number of amides is 2. The van der Waals surface area contributed by atoms with Crippen LogP contribution in [0.15, 0.2) is 0 Å². The second kappa shape index (κ2) is 7.63. The van der Waals surface area contributed by atoms with Crippen LogP contribution in [0.3, 0.4) is 0 Å². The highest BCUT2D eigenvalue weighted by atomic mass is 16.4. The monoisotopic (exact) mass is 231 g/mol. The molecule has 0 aliphatic carbocycles. The van der Waals surface area contributed by atoms with E-state index in [0.29, 0.717) is 6.54 Å². The fourth-order valence-electron chi connectivity index (χ4n) is 1.05. The van der Waals surface area contributed by atoms with Gasteiger partial charge in [-0.25, -0.2) is 4.79 Å². The largest absolute Gasteiger partial charge is 0.480 e. The van der Waals surface area contributed by atoms with Gasteiger partial charge in [-0.15, -0.1) is 0 Å². The molecule has 5 N–H and O–H groups in total. The van der Waals surface area contributed by atoms with Gasteiger partial charge in [-0.2, -0.15) is 0 Å². The van der Waals surface area contributed by atoms with Gasteiger partial charge in [0.1, 0.15) is 6.04 Å². The molecule has 0 rings (SSSR count). The number of nitrogens with two attached hydrogens (primary N) is 1. The normalized spacial score (nSPS) is 11.8. The first-order valence-corrected chi connectivity index (χ1v) is 4.98. The molecule has 7 heteroatoms. The summed E-state index contributed by atoms with van der Waals surface area (Å²) in [5.74, 6) is -2.45. The van der Waals surface area contributed by atoms with Crippen LogP contribution in [0.5, 0.6) is 0 Å². The number of nitrogens with one attached hydrogen (secondary N) is 2. The molecule has 0 aromatic carbocycles. The summed E-state index contributed by atoms with van der Waals surface area (Å²) in [7, 11) is 0. The van der Waals surface area contributed by atoms with Crippen molar-refractivity contribution in [3.05, 3.63) is 0 Å². The van der Waals surface area contributed by atoms with Crippen LogP contribution < -0.4 is 16.4 Å². The maximum Gasteiger partial charge on any atom is 0.326 e. The van der Waals surface area contributed by atoms with Crippen LogP contribution in [0.4, 0.5) is 0 Å². The summed E-state index contributed by atoms with van der Waals surface area (Å²) in [6, 6.07) is -1.24. The van der Waals surface area contributed by atoms with Gasteiger partial charge in [-0.05, 0) is 6.54 Å². The minimum absolute atomic E-state index is 0.163. The van der Waals surface area contributed by atoms with Gasteiger partial charge in [0.15, 0.2) is 0 Å². The summed E-state index contributed by atoms with van der Waals surface area (Å²) in [6.07, 6.45) is -0.237. The van der Waals surface area contributed by atoms with E-state index >= 15 is 0 Å². The molecular weight excluding hydrogens is 214 g/mol. The Balaban J connectivity index is 4.03. The Labute approximate surface area is 93.4 Å². The summed E-state index contributed by atoms with van der Waals surface area (Å²) in [6.45, 7) is 3.09. The average molecular weight is 231 g/mol. The smallest absolute Gasteiger partial charge is 0.326 e. The molecule has 1 atom stereocenters. The number of carboxylic acids is 1. The predicted octanol–water partition coefficient (Wildman–Crippen LogP) is -1.57. The molecule has 0 radical (unpaired) electrons. The lowest BCUT2D eigenvalue weighted by Crippen LogP contribution is -2.43. The van der Waals surface area contributed by atoms with Gasteiger partial charge >= 0.3 is 5.97 Å². The Morgan fingerprint density at radius 2 is 2.00 bits per heavy atom. The highest BCUT2D eigenvalue weighted by Gasteiger charge is 2.21. The van der Waals surface area contributed by atoms with E-state index in [9.17, 15) is 14.4 Å². The number of carbonyl (C=O) groups is 3. The Bertz CT molecular complexity index is 267. The second-order valence-electron chi connectivity index (χ2n) is 3.23. The minimum atomic E-state index is -1.27. The zero-order valence-corrected chi connectivity index (χ0v) is 9.16. The molecular formula is C9H17N3O4. The summed E-state index contributed by atoms with van der Waals surface area (Å²) in [5, 5.41) is 13.9. The zero-order chi connectivity index (χ0) is 12.6. The number of rotatable bonds is 8. The molecule has 0 aromatic rings.